The molecule has 1 aliphatic rings. The lowest BCUT2D eigenvalue weighted by Gasteiger charge is -2.21. The monoisotopic (exact) mass is 374 g/mol. The van der Waals surface area contributed by atoms with Crippen molar-refractivity contribution in [1.82, 2.24) is 10.0 Å². The average Bonchev–Trinajstić information content (AvgIpc) is 3.11. The van der Waals surface area contributed by atoms with Crippen LogP contribution in [0.1, 0.15) is 44.7 Å². The molecule has 0 atom stereocenters. The van der Waals surface area contributed by atoms with Crippen molar-refractivity contribution in [3.05, 3.63) is 27.7 Å². The van der Waals surface area contributed by atoms with Crippen molar-refractivity contribution >= 4 is 26.0 Å². The zero-order chi connectivity index (χ0) is 15.8. The van der Waals surface area contributed by atoms with Gasteiger partial charge in [-0.25, -0.2) is 13.1 Å². The first-order valence-corrected chi connectivity index (χ1v) is 9.42. The summed E-state index contributed by atoms with van der Waals surface area (Å²) in [6.07, 6.45) is 2.43. The Kier molecular flexibility index (Phi) is 4.83. The van der Waals surface area contributed by atoms with Crippen LogP contribution in [-0.2, 0) is 16.6 Å². The summed E-state index contributed by atoms with van der Waals surface area (Å²) in [5.74, 6) is 0. The van der Waals surface area contributed by atoms with Crippen LogP contribution in [0.3, 0.4) is 0 Å². The van der Waals surface area contributed by atoms with E-state index in [-0.39, 0.29) is 0 Å². The quantitative estimate of drug-likeness (QED) is 0.832. The highest BCUT2D eigenvalue weighted by Crippen LogP contribution is 2.28. The first-order chi connectivity index (χ1) is 9.58. The van der Waals surface area contributed by atoms with Crippen molar-refractivity contribution < 1.29 is 8.42 Å². The number of aryl methyl sites for hydroxylation is 1. The average molecular weight is 375 g/mol. The molecule has 2 rings (SSSR count). The molecule has 1 fully saturated rings. The first-order valence-electron chi connectivity index (χ1n) is 7.15. The van der Waals surface area contributed by atoms with Crippen LogP contribution in [0.25, 0.3) is 0 Å². The SMILES string of the molecule is Cc1cc(CNC2CC2)cc(S(=O)(=O)NC(C)(C)C)c1Br. The van der Waals surface area contributed by atoms with E-state index in [1.165, 1.54) is 12.8 Å². The summed E-state index contributed by atoms with van der Waals surface area (Å²) < 4.78 is 28.5. The molecule has 0 aliphatic heterocycles. The maximum Gasteiger partial charge on any atom is 0.242 e. The topological polar surface area (TPSA) is 58.2 Å². The van der Waals surface area contributed by atoms with Crippen LogP contribution in [0.2, 0.25) is 0 Å². The molecule has 2 N–H and O–H groups in total. The van der Waals surface area contributed by atoms with Crippen molar-refractivity contribution in [2.45, 2.75) is 63.6 Å². The van der Waals surface area contributed by atoms with Crippen LogP contribution in [0.15, 0.2) is 21.5 Å². The Morgan fingerprint density at radius 1 is 1.29 bits per heavy atom. The summed E-state index contributed by atoms with van der Waals surface area (Å²) in [5.41, 5.74) is 1.42. The van der Waals surface area contributed by atoms with Crippen molar-refractivity contribution in [3.8, 4) is 0 Å². The summed E-state index contributed by atoms with van der Waals surface area (Å²) >= 11 is 3.41. The van der Waals surface area contributed by atoms with Gasteiger partial charge in [-0.3, -0.25) is 0 Å². The Hall–Kier alpha value is -0.430. The lowest BCUT2D eigenvalue weighted by molar-refractivity contribution is 0.491. The fourth-order valence-electron chi connectivity index (χ4n) is 2.11. The summed E-state index contributed by atoms with van der Waals surface area (Å²) in [7, 11) is -3.54. The highest BCUT2D eigenvalue weighted by atomic mass is 79.9. The molecule has 0 bridgehead atoms. The van der Waals surface area contributed by atoms with E-state index in [1.54, 1.807) is 6.07 Å². The molecule has 21 heavy (non-hydrogen) atoms. The van der Waals surface area contributed by atoms with E-state index >= 15 is 0 Å². The minimum Gasteiger partial charge on any atom is -0.310 e. The Morgan fingerprint density at radius 3 is 2.43 bits per heavy atom. The maximum atomic E-state index is 12.6. The fourth-order valence-corrected chi connectivity index (χ4v) is 4.60. The Bertz CT molecular complexity index is 632. The number of benzene rings is 1. The standard InChI is InChI=1S/C15H23BrN2O2S/c1-10-7-11(9-17-12-5-6-12)8-13(14(10)16)21(19,20)18-15(2,3)4/h7-8,12,17-18H,5-6,9H2,1-4H3. The van der Waals surface area contributed by atoms with Gasteiger partial charge in [0, 0.05) is 22.6 Å². The molecular weight excluding hydrogens is 352 g/mol. The second-order valence-electron chi connectivity index (χ2n) is 6.74. The zero-order valence-electron chi connectivity index (χ0n) is 13.0. The van der Waals surface area contributed by atoms with E-state index in [9.17, 15) is 8.42 Å². The molecule has 0 spiro atoms. The molecule has 1 aliphatic carbocycles. The van der Waals surface area contributed by atoms with Gasteiger partial charge >= 0.3 is 0 Å². The lowest BCUT2D eigenvalue weighted by atomic mass is 10.1. The molecule has 0 aromatic heterocycles. The molecule has 118 valence electrons. The first kappa shape index (κ1) is 16.9. The van der Waals surface area contributed by atoms with Gasteiger partial charge in [-0.2, -0.15) is 0 Å². The molecule has 6 heteroatoms. The number of hydrogen-bond donors (Lipinski definition) is 2. The van der Waals surface area contributed by atoms with E-state index in [0.29, 0.717) is 22.0 Å². The molecule has 4 nitrogen and oxygen atoms in total. The largest absolute Gasteiger partial charge is 0.310 e. The number of halogens is 1. The van der Waals surface area contributed by atoms with Crippen molar-refractivity contribution in [3.63, 3.8) is 0 Å². The van der Waals surface area contributed by atoms with Gasteiger partial charge in [-0.1, -0.05) is 6.07 Å². The van der Waals surface area contributed by atoms with Crippen LogP contribution < -0.4 is 10.0 Å². The van der Waals surface area contributed by atoms with Crippen LogP contribution in [0.5, 0.6) is 0 Å². The Balaban J connectivity index is 2.32. The number of rotatable bonds is 5. The fraction of sp³-hybridized carbons (Fsp3) is 0.600. The smallest absolute Gasteiger partial charge is 0.242 e. The molecule has 1 saturated carbocycles. The number of nitrogens with one attached hydrogen (secondary N) is 2. The van der Waals surface area contributed by atoms with Gasteiger partial charge in [0.25, 0.3) is 0 Å². The number of sulfonamides is 1. The second kappa shape index (κ2) is 5.99. The van der Waals surface area contributed by atoms with E-state index in [4.69, 9.17) is 0 Å². The zero-order valence-corrected chi connectivity index (χ0v) is 15.4. The third kappa shape index (κ3) is 4.77. The predicted molar refractivity (Wildman–Crippen MR) is 88.8 cm³/mol. The van der Waals surface area contributed by atoms with E-state index < -0.39 is 15.6 Å². The highest BCUT2D eigenvalue weighted by molar-refractivity contribution is 9.10. The molecule has 1 aromatic carbocycles. The molecule has 0 radical (unpaired) electrons. The molecule has 0 unspecified atom stereocenters. The van der Waals surface area contributed by atoms with Gasteiger partial charge in [0.15, 0.2) is 0 Å². The molecule has 0 amide bonds. The summed E-state index contributed by atoms with van der Waals surface area (Å²) in [5, 5.41) is 3.42. The summed E-state index contributed by atoms with van der Waals surface area (Å²) in [4.78, 5) is 0.310. The third-order valence-electron chi connectivity index (χ3n) is 3.18. The van der Waals surface area contributed by atoms with E-state index in [2.05, 4.69) is 26.0 Å². The minimum absolute atomic E-state index is 0.310. The minimum atomic E-state index is -3.54. The van der Waals surface area contributed by atoms with Gasteiger partial charge in [-0.15, -0.1) is 0 Å². The van der Waals surface area contributed by atoms with Gasteiger partial charge in [-0.05, 0) is 73.7 Å². The Morgan fingerprint density at radius 2 is 1.90 bits per heavy atom. The third-order valence-corrected chi connectivity index (χ3v) is 6.28. The van der Waals surface area contributed by atoms with Gasteiger partial charge in [0.1, 0.15) is 0 Å². The van der Waals surface area contributed by atoms with Crippen LogP contribution in [0.4, 0.5) is 0 Å². The summed E-state index contributed by atoms with van der Waals surface area (Å²) in [6.45, 7) is 8.13. The Labute approximate surface area is 135 Å². The van der Waals surface area contributed by atoms with Gasteiger partial charge < -0.3 is 5.32 Å². The lowest BCUT2D eigenvalue weighted by Crippen LogP contribution is -2.40. The number of hydrogen-bond acceptors (Lipinski definition) is 3. The molecule has 0 saturated heterocycles. The van der Waals surface area contributed by atoms with Crippen molar-refractivity contribution in [2.75, 3.05) is 0 Å². The summed E-state index contributed by atoms with van der Waals surface area (Å²) in [6, 6.07) is 4.37. The predicted octanol–water partition coefficient (Wildman–Crippen LogP) is 3.09. The second-order valence-corrected chi connectivity index (χ2v) is 9.18. The highest BCUT2D eigenvalue weighted by Gasteiger charge is 2.26. The van der Waals surface area contributed by atoms with Crippen LogP contribution in [-0.4, -0.2) is 20.0 Å². The molecule has 1 aromatic rings. The van der Waals surface area contributed by atoms with Gasteiger partial charge in [0.05, 0.1) is 4.90 Å². The van der Waals surface area contributed by atoms with E-state index in [1.807, 2.05) is 33.8 Å². The van der Waals surface area contributed by atoms with E-state index in [0.717, 1.165) is 11.1 Å². The molecule has 0 heterocycles. The van der Waals surface area contributed by atoms with Crippen molar-refractivity contribution in [2.24, 2.45) is 0 Å². The van der Waals surface area contributed by atoms with Gasteiger partial charge in [0.2, 0.25) is 10.0 Å². The maximum absolute atomic E-state index is 12.6. The van der Waals surface area contributed by atoms with Crippen LogP contribution >= 0.6 is 15.9 Å². The normalized spacial score (nSPS) is 16.2. The van der Waals surface area contributed by atoms with Crippen molar-refractivity contribution in [1.29, 1.82) is 0 Å². The van der Waals surface area contributed by atoms with Crippen LogP contribution in [0, 0.1) is 6.92 Å². The molecular formula is C15H23BrN2O2S.